The third kappa shape index (κ3) is 1.65. The lowest BCUT2D eigenvalue weighted by Crippen LogP contribution is -2.30. The molecule has 2 heterocycles. The molecule has 0 N–H and O–H groups in total. The van der Waals surface area contributed by atoms with Crippen molar-refractivity contribution < 1.29 is 4.57 Å². The maximum absolute atomic E-state index is 2.22. The third-order valence-corrected chi connectivity index (χ3v) is 4.49. The highest BCUT2D eigenvalue weighted by atomic mass is 32.1. The van der Waals surface area contributed by atoms with Gasteiger partial charge in [0.15, 0.2) is 6.20 Å². The highest BCUT2D eigenvalue weighted by molar-refractivity contribution is 7.17. The first-order chi connectivity index (χ1) is 8.68. The number of aryl methyl sites for hydroxylation is 2. The molecule has 0 aliphatic carbocycles. The summed E-state index contributed by atoms with van der Waals surface area (Å²) in [5, 5.41) is 3.51. The molecule has 3 rings (SSSR count). The van der Waals surface area contributed by atoms with Crippen molar-refractivity contribution in [3.05, 3.63) is 53.0 Å². The van der Waals surface area contributed by atoms with Crippen LogP contribution in [0.15, 0.2) is 41.9 Å². The number of nitrogens with zero attached hydrogens (tertiary/aromatic N) is 1. The van der Waals surface area contributed by atoms with E-state index in [0.717, 1.165) is 0 Å². The van der Waals surface area contributed by atoms with E-state index in [2.05, 4.69) is 67.4 Å². The van der Waals surface area contributed by atoms with Crippen LogP contribution in [-0.2, 0) is 7.05 Å². The topological polar surface area (TPSA) is 3.88 Å². The fraction of sp³-hybridized carbons (Fsp3) is 0.188. The Morgan fingerprint density at radius 3 is 2.72 bits per heavy atom. The number of aromatic nitrogens is 1. The second-order valence-corrected chi connectivity index (χ2v) is 5.67. The van der Waals surface area contributed by atoms with E-state index in [-0.39, 0.29) is 0 Å². The van der Waals surface area contributed by atoms with E-state index in [0.29, 0.717) is 0 Å². The largest absolute Gasteiger partial charge is 0.221 e. The fourth-order valence-corrected chi connectivity index (χ4v) is 3.21. The number of fused-ring (bicyclic) bond motifs is 1. The summed E-state index contributed by atoms with van der Waals surface area (Å²) in [5.74, 6) is 0. The molecule has 0 unspecified atom stereocenters. The monoisotopic (exact) mass is 254 g/mol. The van der Waals surface area contributed by atoms with E-state index in [4.69, 9.17) is 0 Å². The highest BCUT2D eigenvalue weighted by Crippen LogP contribution is 2.31. The van der Waals surface area contributed by atoms with Gasteiger partial charge in [0, 0.05) is 16.3 Å². The van der Waals surface area contributed by atoms with Crippen LogP contribution in [0.5, 0.6) is 0 Å². The Morgan fingerprint density at radius 1 is 1.06 bits per heavy atom. The summed E-state index contributed by atoms with van der Waals surface area (Å²) in [6, 6.07) is 10.9. The van der Waals surface area contributed by atoms with Gasteiger partial charge >= 0.3 is 0 Å². The van der Waals surface area contributed by atoms with Crippen LogP contribution in [0.1, 0.15) is 11.1 Å². The molecule has 2 aromatic heterocycles. The van der Waals surface area contributed by atoms with E-state index in [1.165, 1.54) is 32.5 Å². The summed E-state index contributed by atoms with van der Waals surface area (Å²) in [6.45, 7) is 4.38. The molecule has 0 radical (unpaired) electrons. The SMILES string of the molecule is Cc1cccc(-c2c3ccsc3cc[n+]2C)c1C. The number of pyridine rings is 1. The standard InChI is InChI=1S/C16H16NS/c1-11-5-4-6-13(12(11)2)16-14-8-10-18-15(14)7-9-17(16)3/h4-10H,1-3H3/q+1. The van der Waals surface area contributed by atoms with Gasteiger partial charge < -0.3 is 0 Å². The lowest BCUT2D eigenvalue weighted by molar-refractivity contribution is -0.659. The van der Waals surface area contributed by atoms with Crippen LogP contribution in [0.2, 0.25) is 0 Å². The Morgan fingerprint density at radius 2 is 1.89 bits per heavy atom. The van der Waals surface area contributed by atoms with Crippen molar-refractivity contribution in [2.75, 3.05) is 0 Å². The van der Waals surface area contributed by atoms with Crippen molar-refractivity contribution in [1.29, 1.82) is 0 Å². The Kier molecular flexibility index (Phi) is 2.67. The molecule has 0 atom stereocenters. The molecule has 90 valence electrons. The fourth-order valence-electron chi connectivity index (χ4n) is 2.43. The zero-order valence-electron chi connectivity index (χ0n) is 10.9. The molecule has 0 spiro atoms. The van der Waals surface area contributed by atoms with Gasteiger partial charge in [-0.05, 0) is 42.5 Å². The second kappa shape index (κ2) is 4.21. The van der Waals surface area contributed by atoms with Gasteiger partial charge in [-0.25, -0.2) is 4.57 Å². The molecule has 1 nitrogen and oxygen atoms in total. The maximum atomic E-state index is 2.22. The number of hydrogen-bond donors (Lipinski definition) is 0. The molecule has 0 fully saturated rings. The van der Waals surface area contributed by atoms with Crippen LogP contribution in [-0.4, -0.2) is 0 Å². The van der Waals surface area contributed by atoms with E-state index < -0.39 is 0 Å². The van der Waals surface area contributed by atoms with Crippen LogP contribution in [0.3, 0.4) is 0 Å². The molecule has 2 heteroatoms. The van der Waals surface area contributed by atoms with Gasteiger partial charge in [-0.2, -0.15) is 0 Å². The Hall–Kier alpha value is -1.67. The van der Waals surface area contributed by atoms with Crippen LogP contribution < -0.4 is 4.57 Å². The lowest BCUT2D eigenvalue weighted by atomic mass is 9.98. The number of rotatable bonds is 1. The van der Waals surface area contributed by atoms with Crippen molar-refractivity contribution in [3.63, 3.8) is 0 Å². The van der Waals surface area contributed by atoms with Crippen molar-refractivity contribution in [3.8, 4) is 11.3 Å². The predicted octanol–water partition coefficient (Wildman–Crippen LogP) is 4.01. The number of benzene rings is 1. The third-order valence-electron chi connectivity index (χ3n) is 3.61. The molecule has 1 aromatic carbocycles. The van der Waals surface area contributed by atoms with Gasteiger partial charge in [-0.3, -0.25) is 0 Å². The van der Waals surface area contributed by atoms with Gasteiger partial charge in [-0.15, -0.1) is 11.3 Å². The van der Waals surface area contributed by atoms with Crippen LogP contribution in [0, 0.1) is 13.8 Å². The molecule has 3 aromatic rings. The van der Waals surface area contributed by atoms with E-state index in [1.807, 2.05) is 0 Å². The zero-order chi connectivity index (χ0) is 12.7. The Bertz CT molecular complexity index is 725. The van der Waals surface area contributed by atoms with Crippen molar-refractivity contribution >= 4 is 21.4 Å². The first-order valence-electron chi connectivity index (χ1n) is 6.11. The van der Waals surface area contributed by atoms with Crippen LogP contribution >= 0.6 is 11.3 Å². The zero-order valence-corrected chi connectivity index (χ0v) is 11.7. The highest BCUT2D eigenvalue weighted by Gasteiger charge is 2.17. The average Bonchev–Trinajstić information content (AvgIpc) is 2.82. The van der Waals surface area contributed by atoms with Gasteiger partial charge in [0.2, 0.25) is 5.69 Å². The minimum Gasteiger partial charge on any atom is -0.200 e. The minimum atomic E-state index is 1.31. The Balaban J connectivity index is 2.40. The summed E-state index contributed by atoms with van der Waals surface area (Å²) in [4.78, 5) is 0. The van der Waals surface area contributed by atoms with E-state index in [1.54, 1.807) is 11.3 Å². The Labute approximate surface area is 111 Å². The van der Waals surface area contributed by atoms with Crippen LogP contribution in [0.4, 0.5) is 0 Å². The minimum absolute atomic E-state index is 1.31. The number of hydrogen-bond acceptors (Lipinski definition) is 1. The molecular weight excluding hydrogens is 238 g/mol. The average molecular weight is 254 g/mol. The predicted molar refractivity (Wildman–Crippen MR) is 77.9 cm³/mol. The molecule has 18 heavy (non-hydrogen) atoms. The summed E-state index contributed by atoms with van der Waals surface area (Å²) in [6.07, 6.45) is 2.15. The lowest BCUT2D eigenvalue weighted by Gasteiger charge is -2.07. The summed E-state index contributed by atoms with van der Waals surface area (Å²) in [5.41, 5.74) is 5.36. The van der Waals surface area contributed by atoms with Crippen molar-refractivity contribution in [1.82, 2.24) is 0 Å². The molecule has 0 bridgehead atoms. The molecule has 0 saturated heterocycles. The van der Waals surface area contributed by atoms with Crippen molar-refractivity contribution in [2.45, 2.75) is 13.8 Å². The molecule has 0 saturated carbocycles. The smallest absolute Gasteiger partial charge is 0.200 e. The van der Waals surface area contributed by atoms with E-state index >= 15 is 0 Å². The normalized spacial score (nSPS) is 11.1. The maximum Gasteiger partial charge on any atom is 0.221 e. The van der Waals surface area contributed by atoms with Gasteiger partial charge in [0.1, 0.15) is 7.05 Å². The van der Waals surface area contributed by atoms with Gasteiger partial charge in [-0.1, -0.05) is 12.1 Å². The first-order valence-corrected chi connectivity index (χ1v) is 6.99. The van der Waals surface area contributed by atoms with Gasteiger partial charge in [0.25, 0.3) is 0 Å². The second-order valence-electron chi connectivity index (χ2n) is 4.72. The molecule has 0 aliphatic heterocycles. The number of thiophene rings is 1. The summed E-state index contributed by atoms with van der Waals surface area (Å²) < 4.78 is 3.57. The van der Waals surface area contributed by atoms with E-state index in [9.17, 15) is 0 Å². The summed E-state index contributed by atoms with van der Waals surface area (Å²) in [7, 11) is 2.12. The van der Waals surface area contributed by atoms with Crippen molar-refractivity contribution in [2.24, 2.45) is 7.05 Å². The molecule has 0 amide bonds. The first kappa shape index (κ1) is 11.4. The summed E-state index contributed by atoms with van der Waals surface area (Å²) >= 11 is 1.80. The molecular formula is C16H16NS+. The quantitative estimate of drug-likeness (QED) is 0.578. The van der Waals surface area contributed by atoms with Crippen LogP contribution in [0.25, 0.3) is 21.3 Å². The van der Waals surface area contributed by atoms with Gasteiger partial charge in [0.05, 0.1) is 5.39 Å². The molecule has 0 aliphatic rings.